The fourth-order valence-corrected chi connectivity index (χ4v) is 4.79. The Bertz CT molecular complexity index is 958. The van der Waals surface area contributed by atoms with Gasteiger partial charge in [-0.2, -0.15) is 0 Å². The van der Waals surface area contributed by atoms with Gasteiger partial charge in [-0.15, -0.1) is 0 Å². The molecular weight excluding hydrogens is 376 g/mol. The zero-order chi connectivity index (χ0) is 20.1. The zero-order valence-corrected chi connectivity index (χ0v) is 16.5. The first-order chi connectivity index (χ1) is 14.1. The van der Waals surface area contributed by atoms with Gasteiger partial charge in [0.25, 0.3) is 0 Å². The first kappa shape index (κ1) is 18.0. The van der Waals surface area contributed by atoms with Gasteiger partial charge in [0.05, 0.1) is 33.9 Å². The van der Waals surface area contributed by atoms with Gasteiger partial charge in [-0.3, -0.25) is 4.79 Å². The van der Waals surface area contributed by atoms with Gasteiger partial charge in [0.15, 0.2) is 23.0 Å². The van der Waals surface area contributed by atoms with Gasteiger partial charge in [0, 0.05) is 11.8 Å². The van der Waals surface area contributed by atoms with Crippen molar-refractivity contribution in [3.05, 3.63) is 41.0 Å². The molecule has 2 heterocycles. The van der Waals surface area contributed by atoms with Crippen molar-refractivity contribution in [1.82, 2.24) is 0 Å². The number of carbonyl (C=O) groups excluding carboxylic acids is 1. The van der Waals surface area contributed by atoms with Gasteiger partial charge in [-0.05, 0) is 47.4 Å². The minimum atomic E-state index is -0.273. The molecule has 0 unspecified atom stereocenters. The molecule has 0 bridgehead atoms. The Hall–Kier alpha value is -3.09. The molecule has 1 fully saturated rings. The molecule has 5 rings (SSSR count). The van der Waals surface area contributed by atoms with Crippen LogP contribution in [0.15, 0.2) is 24.3 Å². The fourth-order valence-electron chi connectivity index (χ4n) is 4.79. The van der Waals surface area contributed by atoms with Gasteiger partial charge in [0.2, 0.25) is 12.5 Å². The number of methoxy groups -OCH3 is 3. The molecule has 7 nitrogen and oxygen atoms in total. The number of carbonyl (C=O) groups is 1. The highest BCUT2D eigenvalue weighted by Gasteiger charge is 2.48. The average molecular weight is 398 g/mol. The predicted octanol–water partition coefficient (Wildman–Crippen LogP) is 2.92. The van der Waals surface area contributed by atoms with Crippen LogP contribution in [-0.4, -0.2) is 40.7 Å². The van der Waals surface area contributed by atoms with E-state index in [4.69, 9.17) is 28.4 Å². The lowest BCUT2D eigenvalue weighted by atomic mass is 9.67. The van der Waals surface area contributed by atoms with Crippen molar-refractivity contribution in [2.75, 3.05) is 34.7 Å². The molecule has 2 aliphatic heterocycles. The average Bonchev–Trinajstić information content (AvgIpc) is 3.35. The summed E-state index contributed by atoms with van der Waals surface area (Å²) < 4.78 is 33.2. The number of hydrogen-bond acceptors (Lipinski definition) is 7. The first-order valence-electron chi connectivity index (χ1n) is 9.53. The van der Waals surface area contributed by atoms with E-state index >= 15 is 0 Å². The Balaban J connectivity index is 1.71. The standard InChI is InChI=1S/C22H22O7/c1-24-17-6-12(7-18(25-2)21(17)26-3)19-14-8-16-15(28-10-29-16)5-11(14)4-13-9-27-22(23)20(13)19/h5-8,13,19-20H,4,9-10H2,1-3H3/t13-,19-,20-/m0/s1. The van der Waals surface area contributed by atoms with Crippen LogP contribution in [0.5, 0.6) is 28.7 Å². The van der Waals surface area contributed by atoms with Gasteiger partial charge in [0.1, 0.15) is 0 Å². The minimum absolute atomic E-state index is 0.111. The van der Waals surface area contributed by atoms with E-state index in [1.54, 1.807) is 21.3 Å². The Labute approximate surface area is 168 Å². The summed E-state index contributed by atoms with van der Waals surface area (Å²) in [6, 6.07) is 7.84. The molecule has 2 aromatic carbocycles. The number of esters is 1. The van der Waals surface area contributed by atoms with Gasteiger partial charge in [-0.25, -0.2) is 0 Å². The van der Waals surface area contributed by atoms with E-state index in [1.807, 2.05) is 24.3 Å². The van der Waals surface area contributed by atoms with Crippen LogP contribution in [0.3, 0.4) is 0 Å². The van der Waals surface area contributed by atoms with Crippen molar-refractivity contribution >= 4 is 5.97 Å². The lowest BCUT2D eigenvalue weighted by molar-refractivity contribution is -0.141. The van der Waals surface area contributed by atoms with Gasteiger partial charge >= 0.3 is 5.97 Å². The molecule has 0 radical (unpaired) electrons. The second-order valence-electron chi connectivity index (χ2n) is 7.46. The van der Waals surface area contributed by atoms with Crippen LogP contribution >= 0.6 is 0 Å². The summed E-state index contributed by atoms with van der Waals surface area (Å²) in [5, 5.41) is 0. The summed E-state index contributed by atoms with van der Waals surface area (Å²) in [4.78, 5) is 12.7. The largest absolute Gasteiger partial charge is 0.493 e. The topological polar surface area (TPSA) is 72.5 Å². The highest BCUT2D eigenvalue weighted by Crippen LogP contribution is 2.52. The Morgan fingerprint density at radius 1 is 0.897 bits per heavy atom. The summed E-state index contributed by atoms with van der Waals surface area (Å²) in [7, 11) is 4.74. The lowest BCUT2D eigenvalue weighted by Gasteiger charge is -2.34. The molecule has 1 saturated heterocycles. The molecule has 0 spiro atoms. The van der Waals surface area contributed by atoms with E-state index in [-0.39, 0.29) is 30.5 Å². The molecule has 152 valence electrons. The number of cyclic esters (lactones) is 1. The summed E-state index contributed by atoms with van der Waals surface area (Å²) in [5.41, 5.74) is 3.10. The van der Waals surface area contributed by atoms with Crippen LogP contribution < -0.4 is 23.7 Å². The molecule has 0 aromatic heterocycles. The molecule has 1 aliphatic carbocycles. The van der Waals surface area contributed by atoms with E-state index in [0.717, 1.165) is 28.9 Å². The Kier molecular flexibility index (Phi) is 4.19. The number of ether oxygens (including phenoxy) is 6. The Morgan fingerprint density at radius 3 is 2.24 bits per heavy atom. The van der Waals surface area contributed by atoms with Crippen LogP contribution in [0.1, 0.15) is 22.6 Å². The fraction of sp³-hybridized carbons (Fsp3) is 0.409. The SMILES string of the molecule is COc1cc([C@H]2c3cc4c(cc3C[C@H]3COC(=O)[C@@H]32)OCO4)cc(OC)c1OC. The summed E-state index contributed by atoms with van der Waals surface area (Å²) in [6.07, 6.45) is 0.767. The minimum Gasteiger partial charge on any atom is -0.493 e. The van der Waals surface area contributed by atoms with E-state index in [1.165, 1.54) is 0 Å². The third kappa shape index (κ3) is 2.68. The van der Waals surface area contributed by atoms with E-state index in [9.17, 15) is 4.79 Å². The molecule has 3 aliphatic rings. The van der Waals surface area contributed by atoms with Crippen molar-refractivity contribution in [1.29, 1.82) is 0 Å². The van der Waals surface area contributed by atoms with Crippen LogP contribution in [0.4, 0.5) is 0 Å². The maximum absolute atomic E-state index is 12.7. The highest BCUT2D eigenvalue weighted by atomic mass is 16.7. The maximum atomic E-state index is 12.7. The van der Waals surface area contributed by atoms with Gasteiger partial charge in [-0.1, -0.05) is 0 Å². The van der Waals surface area contributed by atoms with Crippen molar-refractivity contribution in [2.24, 2.45) is 11.8 Å². The summed E-state index contributed by atoms with van der Waals surface area (Å²) >= 11 is 0. The molecule has 2 aromatic rings. The third-order valence-corrected chi connectivity index (χ3v) is 6.08. The normalized spacial score (nSPS) is 23.8. The Morgan fingerprint density at radius 2 is 1.59 bits per heavy atom. The second kappa shape index (κ2) is 6.76. The molecular formula is C22H22O7. The predicted molar refractivity (Wildman–Crippen MR) is 102 cm³/mol. The molecule has 0 N–H and O–H groups in total. The third-order valence-electron chi connectivity index (χ3n) is 6.08. The van der Waals surface area contributed by atoms with Gasteiger partial charge < -0.3 is 28.4 Å². The van der Waals surface area contributed by atoms with Crippen LogP contribution in [-0.2, 0) is 16.0 Å². The summed E-state index contributed by atoms with van der Waals surface area (Å²) in [6.45, 7) is 0.639. The van der Waals surface area contributed by atoms with Crippen molar-refractivity contribution in [3.8, 4) is 28.7 Å². The number of rotatable bonds is 4. The molecule has 7 heteroatoms. The van der Waals surface area contributed by atoms with Crippen molar-refractivity contribution in [2.45, 2.75) is 12.3 Å². The molecule has 0 amide bonds. The molecule has 29 heavy (non-hydrogen) atoms. The van der Waals surface area contributed by atoms with Crippen molar-refractivity contribution in [3.63, 3.8) is 0 Å². The van der Waals surface area contributed by atoms with Crippen LogP contribution in [0, 0.1) is 11.8 Å². The molecule has 3 atom stereocenters. The lowest BCUT2D eigenvalue weighted by Crippen LogP contribution is -2.31. The smallest absolute Gasteiger partial charge is 0.310 e. The molecule has 0 saturated carbocycles. The highest BCUT2D eigenvalue weighted by molar-refractivity contribution is 5.78. The zero-order valence-electron chi connectivity index (χ0n) is 16.5. The quantitative estimate of drug-likeness (QED) is 0.733. The van der Waals surface area contributed by atoms with E-state index in [2.05, 4.69) is 0 Å². The monoisotopic (exact) mass is 398 g/mol. The van der Waals surface area contributed by atoms with E-state index < -0.39 is 0 Å². The van der Waals surface area contributed by atoms with Crippen LogP contribution in [0.2, 0.25) is 0 Å². The maximum Gasteiger partial charge on any atom is 0.310 e. The number of benzene rings is 2. The number of hydrogen-bond donors (Lipinski definition) is 0. The number of fused-ring (bicyclic) bond motifs is 3. The summed E-state index contributed by atoms with van der Waals surface area (Å²) in [5.74, 6) is 2.53. The van der Waals surface area contributed by atoms with E-state index in [0.29, 0.717) is 29.6 Å². The first-order valence-corrected chi connectivity index (χ1v) is 9.53. The van der Waals surface area contributed by atoms with Crippen LogP contribution in [0.25, 0.3) is 0 Å². The second-order valence-corrected chi connectivity index (χ2v) is 7.46. The van der Waals surface area contributed by atoms with Crippen molar-refractivity contribution < 1.29 is 33.2 Å².